The summed E-state index contributed by atoms with van der Waals surface area (Å²) in [7, 11) is 0. The van der Waals surface area contributed by atoms with Crippen molar-refractivity contribution in [3.8, 4) is 0 Å². The molecule has 0 radical (unpaired) electrons. The Balaban J connectivity index is 1.18. The van der Waals surface area contributed by atoms with Crippen LogP contribution in [0.2, 0.25) is 0 Å². The summed E-state index contributed by atoms with van der Waals surface area (Å²) >= 11 is 0. The van der Waals surface area contributed by atoms with Gasteiger partial charge in [-0.2, -0.15) is 0 Å². The van der Waals surface area contributed by atoms with Crippen molar-refractivity contribution in [3.05, 3.63) is 168 Å². The van der Waals surface area contributed by atoms with Crippen molar-refractivity contribution in [3.63, 3.8) is 0 Å². The van der Waals surface area contributed by atoms with Gasteiger partial charge in [-0.15, -0.1) is 0 Å². The molecule has 3 aliphatic heterocycles. The van der Waals surface area contributed by atoms with Crippen LogP contribution in [0.4, 0.5) is 45.5 Å². The summed E-state index contributed by atoms with van der Waals surface area (Å²) < 4.78 is 0. The molecule has 62 heavy (non-hydrogen) atoms. The van der Waals surface area contributed by atoms with Crippen molar-refractivity contribution in [2.75, 3.05) is 14.7 Å². The van der Waals surface area contributed by atoms with E-state index < -0.39 is 0 Å². The maximum Gasteiger partial charge on any atom is 0.252 e. The van der Waals surface area contributed by atoms with Gasteiger partial charge in [-0.25, -0.2) is 0 Å². The van der Waals surface area contributed by atoms with Gasteiger partial charge >= 0.3 is 0 Å². The Morgan fingerprint density at radius 2 is 1.18 bits per heavy atom. The van der Waals surface area contributed by atoms with Gasteiger partial charge in [-0.05, 0) is 154 Å². The highest BCUT2D eigenvalue weighted by atomic mass is 15.3. The summed E-state index contributed by atoms with van der Waals surface area (Å²) in [4.78, 5) is 7.92. The summed E-state index contributed by atoms with van der Waals surface area (Å²) in [6.45, 7) is 19.2. The Labute approximate surface area is 370 Å². The molecule has 11 rings (SSSR count). The van der Waals surface area contributed by atoms with E-state index in [4.69, 9.17) is 0 Å². The van der Waals surface area contributed by atoms with Gasteiger partial charge in [-0.1, -0.05) is 140 Å². The standard InChI is InChI=1S/C58H60BN3/c1-55(2,3)41-26-28-44(29-27-41)61-51-38-45(62-49-32-25-40(39-19-11-9-12-20-39)35-46(49)57(7)33-17-18-34-58(57,62)8)30-31-48(51)59-47-23-15-16-24-50(47)60(43-21-13-10-14-22-43)52-36-42(56(4,5)6)37-53(61)54(52)59/h10-11,13-16,19-32,35-38H,9,12,17-18,33-34H2,1-8H3. The third-order valence-electron chi connectivity index (χ3n) is 15.5. The predicted molar refractivity (Wildman–Crippen MR) is 267 cm³/mol. The van der Waals surface area contributed by atoms with Crippen LogP contribution in [-0.2, 0) is 16.2 Å². The second-order valence-corrected chi connectivity index (χ2v) is 21.2. The van der Waals surface area contributed by atoms with Crippen LogP contribution in [0.1, 0.15) is 116 Å². The molecule has 6 aromatic carbocycles. The van der Waals surface area contributed by atoms with Crippen molar-refractivity contribution in [1.82, 2.24) is 0 Å². The lowest BCUT2D eigenvalue weighted by Gasteiger charge is -2.50. The van der Waals surface area contributed by atoms with Crippen LogP contribution in [0.25, 0.3) is 5.57 Å². The predicted octanol–water partition coefficient (Wildman–Crippen LogP) is 13.8. The average molecular weight is 810 g/mol. The van der Waals surface area contributed by atoms with E-state index in [-0.39, 0.29) is 28.5 Å². The molecule has 0 spiro atoms. The van der Waals surface area contributed by atoms with Gasteiger partial charge in [-0.3, -0.25) is 0 Å². The Hall–Kier alpha value is -5.74. The van der Waals surface area contributed by atoms with E-state index in [1.165, 1.54) is 109 Å². The zero-order valence-electron chi connectivity index (χ0n) is 38.0. The van der Waals surface area contributed by atoms with Crippen LogP contribution in [0.5, 0.6) is 0 Å². The summed E-state index contributed by atoms with van der Waals surface area (Å²) in [5, 5.41) is 0. The van der Waals surface area contributed by atoms with Gasteiger partial charge in [0.1, 0.15) is 0 Å². The molecule has 0 amide bonds. The molecule has 3 nitrogen and oxygen atoms in total. The first-order valence-corrected chi connectivity index (χ1v) is 23.3. The van der Waals surface area contributed by atoms with Crippen molar-refractivity contribution in [1.29, 1.82) is 0 Å². The molecule has 1 fully saturated rings. The molecular formula is C58H60BN3. The van der Waals surface area contributed by atoms with Crippen LogP contribution in [0.15, 0.2) is 146 Å². The number of hydrogen-bond acceptors (Lipinski definition) is 3. The first kappa shape index (κ1) is 39.1. The normalized spacial score (nSPS) is 21.2. The van der Waals surface area contributed by atoms with Gasteiger partial charge < -0.3 is 14.7 Å². The van der Waals surface area contributed by atoms with Gasteiger partial charge in [0.25, 0.3) is 6.71 Å². The minimum Gasteiger partial charge on any atom is -0.334 e. The first-order chi connectivity index (χ1) is 29.8. The number of nitrogens with zero attached hydrogens (tertiary/aromatic N) is 3. The van der Waals surface area contributed by atoms with Gasteiger partial charge in [0, 0.05) is 50.9 Å². The molecule has 310 valence electrons. The monoisotopic (exact) mass is 809 g/mol. The minimum atomic E-state index is -0.0775. The fourth-order valence-electron chi connectivity index (χ4n) is 11.9. The highest BCUT2D eigenvalue weighted by Gasteiger charge is 2.58. The first-order valence-electron chi connectivity index (χ1n) is 23.3. The zero-order valence-corrected chi connectivity index (χ0v) is 38.0. The largest absolute Gasteiger partial charge is 0.334 e. The van der Waals surface area contributed by atoms with E-state index in [2.05, 4.69) is 216 Å². The molecule has 2 unspecified atom stereocenters. The van der Waals surface area contributed by atoms with Gasteiger partial charge in [0.05, 0.1) is 5.54 Å². The van der Waals surface area contributed by atoms with E-state index in [1.807, 2.05) is 0 Å². The molecule has 1 saturated carbocycles. The molecular weight excluding hydrogens is 749 g/mol. The van der Waals surface area contributed by atoms with E-state index in [0.717, 1.165) is 19.3 Å². The minimum absolute atomic E-state index is 0.0280. The second-order valence-electron chi connectivity index (χ2n) is 21.2. The molecule has 0 bridgehead atoms. The lowest BCUT2D eigenvalue weighted by molar-refractivity contribution is 0.195. The quantitative estimate of drug-likeness (QED) is 0.164. The summed E-state index contributed by atoms with van der Waals surface area (Å²) in [6.07, 6.45) is 14.2. The number of anilines is 8. The number of allylic oxidation sites excluding steroid dienone is 4. The number of hydrogen-bond donors (Lipinski definition) is 0. The van der Waals surface area contributed by atoms with E-state index in [9.17, 15) is 0 Å². The van der Waals surface area contributed by atoms with Crippen LogP contribution in [0, 0.1) is 0 Å². The van der Waals surface area contributed by atoms with Crippen molar-refractivity contribution >= 4 is 74.2 Å². The summed E-state index contributed by atoms with van der Waals surface area (Å²) in [5.74, 6) is 0. The summed E-state index contributed by atoms with van der Waals surface area (Å²) in [5.41, 5.74) is 21.0. The molecule has 2 atom stereocenters. The van der Waals surface area contributed by atoms with E-state index in [1.54, 1.807) is 0 Å². The van der Waals surface area contributed by atoms with Gasteiger partial charge in [0.15, 0.2) is 0 Å². The van der Waals surface area contributed by atoms with Crippen molar-refractivity contribution < 1.29 is 0 Å². The van der Waals surface area contributed by atoms with Crippen molar-refractivity contribution in [2.45, 2.75) is 116 Å². The molecule has 5 aliphatic rings. The highest BCUT2D eigenvalue weighted by Crippen LogP contribution is 2.61. The fraction of sp³-hybridized carbons (Fsp3) is 0.310. The number of rotatable bonds is 4. The lowest BCUT2D eigenvalue weighted by atomic mass is 9.33. The smallest absolute Gasteiger partial charge is 0.252 e. The summed E-state index contributed by atoms with van der Waals surface area (Å²) in [6, 6.07) is 49.6. The Bertz CT molecular complexity index is 2820. The number of fused-ring (bicyclic) bond motifs is 7. The van der Waals surface area contributed by atoms with Crippen LogP contribution < -0.4 is 31.1 Å². The van der Waals surface area contributed by atoms with E-state index >= 15 is 0 Å². The average Bonchev–Trinajstić information content (AvgIpc) is 3.48. The second kappa shape index (κ2) is 13.9. The van der Waals surface area contributed by atoms with E-state index in [0.29, 0.717) is 0 Å². The Kier molecular flexibility index (Phi) is 8.76. The topological polar surface area (TPSA) is 9.72 Å². The molecule has 0 aromatic heterocycles. The van der Waals surface area contributed by atoms with Crippen LogP contribution in [0.3, 0.4) is 0 Å². The SMILES string of the molecule is CC(C)(C)c1ccc(N2c3cc(N4c5ccc(C6=CCCC=C6)cc5C5(C)CCCCC45C)ccc3B3c4ccccc4N(c4ccccc4)c4cc(C(C)(C)C)cc2c43)cc1. The molecule has 4 heteroatoms. The maximum atomic E-state index is 2.77. The molecule has 0 saturated heterocycles. The van der Waals surface area contributed by atoms with Crippen LogP contribution >= 0.6 is 0 Å². The molecule has 3 heterocycles. The maximum absolute atomic E-state index is 2.77. The molecule has 0 N–H and O–H groups in total. The van der Waals surface area contributed by atoms with Crippen molar-refractivity contribution in [2.24, 2.45) is 0 Å². The Morgan fingerprint density at radius 1 is 0.532 bits per heavy atom. The third-order valence-corrected chi connectivity index (χ3v) is 15.5. The van der Waals surface area contributed by atoms with Gasteiger partial charge in [0.2, 0.25) is 0 Å². The van der Waals surface area contributed by atoms with Crippen LogP contribution in [-0.4, -0.2) is 12.3 Å². The Morgan fingerprint density at radius 3 is 1.89 bits per heavy atom. The number of benzene rings is 6. The molecule has 2 aliphatic carbocycles. The molecule has 6 aromatic rings. The number of para-hydroxylation sites is 2. The zero-order chi connectivity index (χ0) is 42.8. The lowest BCUT2D eigenvalue weighted by Crippen LogP contribution is -2.61. The third kappa shape index (κ3) is 5.78. The highest BCUT2D eigenvalue weighted by molar-refractivity contribution is 7.00. The fourth-order valence-corrected chi connectivity index (χ4v) is 11.9.